The van der Waals surface area contributed by atoms with Gasteiger partial charge in [0, 0.05) is 19.0 Å². The summed E-state index contributed by atoms with van der Waals surface area (Å²) in [5.41, 5.74) is 1.86. The quantitative estimate of drug-likeness (QED) is 0.483. The van der Waals surface area contributed by atoms with Crippen LogP contribution in [0.25, 0.3) is 0 Å². The van der Waals surface area contributed by atoms with Crippen molar-refractivity contribution >= 4 is 28.6 Å². The van der Waals surface area contributed by atoms with Crippen molar-refractivity contribution in [3.05, 3.63) is 16.0 Å². The lowest BCUT2D eigenvalue weighted by Gasteiger charge is -2.11. The van der Waals surface area contributed by atoms with Gasteiger partial charge in [-0.2, -0.15) is 0 Å². The molecule has 0 bridgehead atoms. The second-order valence-electron chi connectivity index (χ2n) is 4.82. The summed E-state index contributed by atoms with van der Waals surface area (Å²) in [6.07, 6.45) is 6.11. The lowest BCUT2D eigenvalue weighted by atomic mass is 9.95. The zero-order chi connectivity index (χ0) is 13.8. The molecule has 1 aromatic rings. The van der Waals surface area contributed by atoms with Crippen LogP contribution >= 0.6 is 11.3 Å². The normalized spacial score (nSPS) is 14.5. The van der Waals surface area contributed by atoms with Crippen molar-refractivity contribution in [3.8, 4) is 0 Å². The van der Waals surface area contributed by atoms with Crippen molar-refractivity contribution in [2.45, 2.75) is 32.6 Å². The Bertz CT molecular complexity index is 492. The fraction of sp³-hybridized carbons (Fsp3) is 0.571. The molecule has 4 nitrogen and oxygen atoms in total. The summed E-state index contributed by atoms with van der Waals surface area (Å²) in [5, 5.41) is 0.791. The summed E-state index contributed by atoms with van der Waals surface area (Å²) in [6, 6.07) is 0. The Labute approximate surface area is 118 Å². The number of aryl methyl sites for hydroxylation is 1. The standard InChI is InChI=1S/C14H20N2O2S/c1-4-18-14(17)12-10-7-5-6-8-11(10)19-13(12)15-9-16(2)3/h9H,4-8H2,1-3H3/b15-9+. The van der Waals surface area contributed by atoms with Crippen LogP contribution in [0.4, 0.5) is 5.00 Å². The first kappa shape index (κ1) is 14.1. The lowest BCUT2D eigenvalue weighted by Crippen LogP contribution is -2.10. The van der Waals surface area contributed by atoms with Crippen LogP contribution in [0.3, 0.4) is 0 Å². The molecule has 0 spiro atoms. The summed E-state index contributed by atoms with van der Waals surface area (Å²) in [4.78, 5) is 19.7. The highest BCUT2D eigenvalue weighted by molar-refractivity contribution is 7.16. The molecule has 1 aliphatic rings. The van der Waals surface area contributed by atoms with E-state index in [1.165, 1.54) is 16.9 Å². The molecule has 0 saturated heterocycles. The smallest absolute Gasteiger partial charge is 0.341 e. The molecule has 5 heteroatoms. The highest BCUT2D eigenvalue weighted by Crippen LogP contribution is 2.40. The van der Waals surface area contributed by atoms with Gasteiger partial charge in [0.2, 0.25) is 0 Å². The summed E-state index contributed by atoms with van der Waals surface area (Å²) < 4.78 is 5.18. The van der Waals surface area contributed by atoms with Gasteiger partial charge in [-0.3, -0.25) is 0 Å². The highest BCUT2D eigenvalue weighted by atomic mass is 32.1. The summed E-state index contributed by atoms with van der Waals surface area (Å²) >= 11 is 1.63. The van der Waals surface area contributed by atoms with E-state index < -0.39 is 0 Å². The minimum absolute atomic E-state index is 0.229. The first-order chi connectivity index (χ1) is 9.13. The van der Waals surface area contributed by atoms with Gasteiger partial charge in [0.25, 0.3) is 0 Å². The van der Waals surface area contributed by atoms with Gasteiger partial charge in [0.05, 0.1) is 18.5 Å². The highest BCUT2D eigenvalue weighted by Gasteiger charge is 2.25. The molecular weight excluding hydrogens is 260 g/mol. The van der Waals surface area contributed by atoms with Gasteiger partial charge < -0.3 is 9.64 Å². The lowest BCUT2D eigenvalue weighted by molar-refractivity contribution is 0.0526. The van der Waals surface area contributed by atoms with E-state index in [1.54, 1.807) is 17.7 Å². The van der Waals surface area contributed by atoms with Gasteiger partial charge in [-0.1, -0.05) is 0 Å². The Morgan fingerprint density at radius 3 is 2.84 bits per heavy atom. The number of esters is 1. The number of aliphatic imine (C=N–C) groups is 1. The number of rotatable bonds is 4. The van der Waals surface area contributed by atoms with Gasteiger partial charge in [-0.15, -0.1) is 11.3 Å². The third-order valence-electron chi connectivity index (χ3n) is 3.04. The molecule has 0 amide bonds. The van der Waals surface area contributed by atoms with Crippen LogP contribution in [0.15, 0.2) is 4.99 Å². The molecule has 0 fully saturated rings. The zero-order valence-electron chi connectivity index (χ0n) is 11.7. The van der Waals surface area contributed by atoms with Gasteiger partial charge in [-0.25, -0.2) is 9.79 Å². The maximum absolute atomic E-state index is 12.1. The molecule has 0 unspecified atom stereocenters. The Balaban J connectivity index is 2.40. The first-order valence-electron chi connectivity index (χ1n) is 6.65. The zero-order valence-corrected chi connectivity index (χ0v) is 12.5. The van der Waals surface area contributed by atoms with E-state index in [-0.39, 0.29) is 5.97 Å². The average molecular weight is 280 g/mol. The van der Waals surface area contributed by atoms with Gasteiger partial charge in [0.1, 0.15) is 5.00 Å². The first-order valence-corrected chi connectivity index (χ1v) is 7.47. The molecule has 1 aromatic heterocycles. The minimum atomic E-state index is -0.229. The second-order valence-corrected chi connectivity index (χ2v) is 5.90. The number of thiophene rings is 1. The van der Waals surface area contributed by atoms with Crippen LogP contribution in [0.2, 0.25) is 0 Å². The summed E-state index contributed by atoms with van der Waals surface area (Å²) in [5.74, 6) is -0.229. The maximum Gasteiger partial charge on any atom is 0.341 e. The number of nitrogens with zero attached hydrogens (tertiary/aromatic N) is 2. The predicted octanol–water partition coefficient (Wildman–Crippen LogP) is 3.03. The topological polar surface area (TPSA) is 41.9 Å². The maximum atomic E-state index is 12.1. The van der Waals surface area contributed by atoms with E-state index in [4.69, 9.17) is 4.74 Å². The van der Waals surface area contributed by atoms with Crippen LogP contribution in [0, 0.1) is 0 Å². The van der Waals surface area contributed by atoms with Gasteiger partial charge in [-0.05, 0) is 38.2 Å². The third kappa shape index (κ3) is 3.15. The van der Waals surface area contributed by atoms with Crippen molar-refractivity contribution in [1.82, 2.24) is 4.90 Å². The summed E-state index contributed by atoms with van der Waals surface area (Å²) in [7, 11) is 3.84. The molecule has 0 atom stereocenters. The number of carbonyl (C=O) groups excluding carboxylic acids is 1. The van der Waals surface area contributed by atoms with Crippen LogP contribution in [-0.4, -0.2) is 37.9 Å². The Hall–Kier alpha value is -1.36. The molecule has 0 aromatic carbocycles. The predicted molar refractivity (Wildman–Crippen MR) is 78.8 cm³/mol. The SMILES string of the molecule is CCOC(=O)c1c(/N=C/N(C)C)sc2c1CCCC2. The van der Waals surface area contributed by atoms with Crippen molar-refractivity contribution in [2.75, 3.05) is 20.7 Å². The molecular formula is C14H20N2O2S. The van der Waals surface area contributed by atoms with E-state index in [0.717, 1.165) is 24.3 Å². The van der Waals surface area contributed by atoms with Crippen molar-refractivity contribution in [2.24, 2.45) is 4.99 Å². The monoisotopic (exact) mass is 280 g/mol. The Morgan fingerprint density at radius 1 is 1.42 bits per heavy atom. The van der Waals surface area contributed by atoms with E-state index >= 15 is 0 Å². The summed E-state index contributed by atoms with van der Waals surface area (Å²) in [6.45, 7) is 2.24. The Morgan fingerprint density at radius 2 is 2.16 bits per heavy atom. The van der Waals surface area contributed by atoms with E-state index in [1.807, 2.05) is 25.9 Å². The molecule has 19 heavy (non-hydrogen) atoms. The van der Waals surface area contributed by atoms with Crippen LogP contribution in [0.5, 0.6) is 0 Å². The van der Waals surface area contributed by atoms with Crippen LogP contribution in [0.1, 0.15) is 40.6 Å². The van der Waals surface area contributed by atoms with E-state index in [2.05, 4.69) is 4.99 Å². The minimum Gasteiger partial charge on any atom is -0.462 e. The molecule has 0 N–H and O–H groups in total. The number of hydrogen-bond acceptors (Lipinski definition) is 4. The molecule has 1 aliphatic carbocycles. The molecule has 2 rings (SSSR count). The number of fused-ring (bicyclic) bond motifs is 1. The average Bonchev–Trinajstić information content (AvgIpc) is 2.74. The van der Waals surface area contributed by atoms with E-state index in [9.17, 15) is 4.79 Å². The molecule has 0 radical (unpaired) electrons. The Kier molecular flexibility index (Phi) is 4.58. The van der Waals surface area contributed by atoms with Crippen molar-refractivity contribution in [1.29, 1.82) is 0 Å². The fourth-order valence-corrected chi connectivity index (χ4v) is 3.44. The molecule has 0 saturated carbocycles. The van der Waals surface area contributed by atoms with Crippen LogP contribution in [-0.2, 0) is 17.6 Å². The van der Waals surface area contributed by atoms with E-state index in [0.29, 0.717) is 12.2 Å². The number of ether oxygens (including phenoxy) is 1. The van der Waals surface area contributed by atoms with Crippen molar-refractivity contribution in [3.63, 3.8) is 0 Å². The molecule has 0 aliphatic heterocycles. The van der Waals surface area contributed by atoms with Crippen molar-refractivity contribution < 1.29 is 9.53 Å². The third-order valence-corrected chi connectivity index (χ3v) is 4.24. The van der Waals surface area contributed by atoms with Gasteiger partial charge >= 0.3 is 5.97 Å². The van der Waals surface area contributed by atoms with Crippen LogP contribution < -0.4 is 0 Å². The number of carbonyl (C=O) groups is 1. The molecule has 104 valence electrons. The van der Waals surface area contributed by atoms with Gasteiger partial charge in [0.15, 0.2) is 0 Å². The number of hydrogen-bond donors (Lipinski definition) is 0. The largest absolute Gasteiger partial charge is 0.462 e. The fourth-order valence-electron chi connectivity index (χ4n) is 2.22. The second kappa shape index (κ2) is 6.19. The molecule has 1 heterocycles.